The number of aliphatic hydroxyl groups excluding tert-OH is 1. The molecule has 2 rings (SSSR count). The SMILES string of the molecule is O=[N+]([O-])c1cccc(S(=O)(=O)N2CCCC(CCO)C2)c1. The van der Waals surface area contributed by atoms with Gasteiger partial charge in [-0.25, -0.2) is 8.42 Å². The van der Waals surface area contributed by atoms with E-state index in [9.17, 15) is 18.5 Å². The Bertz CT molecular complexity index is 615. The molecule has 7 nitrogen and oxygen atoms in total. The van der Waals surface area contributed by atoms with Gasteiger partial charge in [0.05, 0.1) is 9.82 Å². The highest BCUT2D eigenvalue weighted by molar-refractivity contribution is 7.89. The fourth-order valence-corrected chi connectivity index (χ4v) is 4.16. The van der Waals surface area contributed by atoms with Crippen LogP contribution in [0.5, 0.6) is 0 Å². The second-order valence-electron chi connectivity index (χ2n) is 5.14. The summed E-state index contributed by atoms with van der Waals surface area (Å²) in [4.78, 5) is 10.1. The van der Waals surface area contributed by atoms with Crippen molar-refractivity contribution in [3.8, 4) is 0 Å². The predicted molar refractivity (Wildman–Crippen MR) is 76.3 cm³/mol. The molecule has 1 N–H and O–H groups in total. The van der Waals surface area contributed by atoms with Crippen LogP contribution in [-0.4, -0.2) is 42.4 Å². The highest BCUT2D eigenvalue weighted by Crippen LogP contribution is 2.26. The van der Waals surface area contributed by atoms with Gasteiger partial charge in [-0.15, -0.1) is 0 Å². The molecule has 8 heteroatoms. The maximum Gasteiger partial charge on any atom is 0.270 e. The fourth-order valence-electron chi connectivity index (χ4n) is 2.57. The van der Waals surface area contributed by atoms with E-state index in [1.54, 1.807) is 0 Å². The lowest BCUT2D eigenvalue weighted by Crippen LogP contribution is -2.40. The van der Waals surface area contributed by atoms with E-state index in [1.165, 1.54) is 22.5 Å². The summed E-state index contributed by atoms with van der Waals surface area (Å²) < 4.78 is 26.5. The summed E-state index contributed by atoms with van der Waals surface area (Å²) in [6.07, 6.45) is 2.20. The van der Waals surface area contributed by atoms with Gasteiger partial charge in [0.15, 0.2) is 0 Å². The summed E-state index contributed by atoms with van der Waals surface area (Å²) in [5.41, 5.74) is -0.236. The molecule has 0 aromatic heterocycles. The summed E-state index contributed by atoms with van der Waals surface area (Å²) in [5.74, 6) is 0.136. The lowest BCUT2D eigenvalue weighted by molar-refractivity contribution is -0.385. The predicted octanol–water partition coefficient (Wildman–Crippen LogP) is 1.38. The van der Waals surface area contributed by atoms with Crippen LogP contribution in [0.4, 0.5) is 5.69 Å². The van der Waals surface area contributed by atoms with Gasteiger partial charge < -0.3 is 5.11 Å². The maximum atomic E-state index is 12.6. The van der Waals surface area contributed by atoms with E-state index < -0.39 is 14.9 Å². The van der Waals surface area contributed by atoms with Gasteiger partial charge in [-0.3, -0.25) is 10.1 Å². The largest absolute Gasteiger partial charge is 0.396 e. The Hall–Kier alpha value is -1.51. The van der Waals surface area contributed by atoms with E-state index in [4.69, 9.17) is 5.11 Å². The highest BCUT2D eigenvalue weighted by atomic mass is 32.2. The van der Waals surface area contributed by atoms with Gasteiger partial charge in [-0.2, -0.15) is 4.31 Å². The van der Waals surface area contributed by atoms with Crippen LogP contribution in [0.3, 0.4) is 0 Å². The van der Waals surface area contributed by atoms with Crippen LogP contribution in [0.1, 0.15) is 19.3 Å². The number of benzene rings is 1. The second-order valence-corrected chi connectivity index (χ2v) is 7.08. The Morgan fingerprint density at radius 3 is 2.86 bits per heavy atom. The molecule has 0 spiro atoms. The molecule has 1 atom stereocenters. The molecule has 21 heavy (non-hydrogen) atoms. The van der Waals surface area contributed by atoms with Crippen molar-refractivity contribution in [1.29, 1.82) is 0 Å². The van der Waals surface area contributed by atoms with Crippen LogP contribution < -0.4 is 0 Å². The molecule has 1 aliphatic heterocycles. The molecule has 0 bridgehead atoms. The zero-order valence-electron chi connectivity index (χ0n) is 11.5. The Morgan fingerprint density at radius 1 is 1.43 bits per heavy atom. The second kappa shape index (κ2) is 6.50. The molecule has 0 saturated carbocycles. The Morgan fingerprint density at radius 2 is 2.19 bits per heavy atom. The topological polar surface area (TPSA) is 101 Å². The molecule has 1 fully saturated rings. The number of non-ortho nitro benzene ring substituents is 1. The normalized spacial score (nSPS) is 20.3. The van der Waals surface area contributed by atoms with Gasteiger partial charge in [-0.1, -0.05) is 6.07 Å². The average Bonchev–Trinajstić information content (AvgIpc) is 2.48. The number of nitrogens with zero attached hydrogens (tertiary/aromatic N) is 2. The van der Waals surface area contributed by atoms with Gasteiger partial charge in [0.1, 0.15) is 0 Å². The summed E-state index contributed by atoms with van der Waals surface area (Å²) in [6, 6.07) is 5.10. The van der Waals surface area contributed by atoms with Gasteiger partial charge in [0.2, 0.25) is 10.0 Å². The first-order valence-corrected chi connectivity index (χ1v) is 8.24. The molecule has 1 aliphatic rings. The Balaban J connectivity index is 2.25. The van der Waals surface area contributed by atoms with E-state index in [0.717, 1.165) is 18.9 Å². The third-order valence-electron chi connectivity index (χ3n) is 3.69. The van der Waals surface area contributed by atoms with Gasteiger partial charge in [-0.05, 0) is 31.2 Å². The quantitative estimate of drug-likeness (QED) is 0.653. The van der Waals surface area contributed by atoms with Crippen LogP contribution in [0, 0.1) is 16.0 Å². The number of nitro groups is 1. The number of rotatable bonds is 5. The third-order valence-corrected chi connectivity index (χ3v) is 5.55. The molecule has 1 heterocycles. The highest BCUT2D eigenvalue weighted by Gasteiger charge is 2.30. The summed E-state index contributed by atoms with van der Waals surface area (Å²) in [7, 11) is -3.72. The lowest BCUT2D eigenvalue weighted by Gasteiger charge is -2.31. The van der Waals surface area contributed by atoms with Crippen LogP contribution in [0.2, 0.25) is 0 Å². The molecular formula is C13H18N2O5S. The van der Waals surface area contributed by atoms with Gasteiger partial charge >= 0.3 is 0 Å². The number of hydrogen-bond donors (Lipinski definition) is 1. The van der Waals surface area contributed by atoms with Crippen molar-refractivity contribution in [3.05, 3.63) is 34.4 Å². The van der Waals surface area contributed by atoms with Gasteiger partial charge in [0.25, 0.3) is 5.69 Å². The Labute approximate surface area is 123 Å². The monoisotopic (exact) mass is 314 g/mol. The van der Waals surface area contributed by atoms with Crippen molar-refractivity contribution in [2.45, 2.75) is 24.2 Å². The number of hydrogen-bond acceptors (Lipinski definition) is 5. The third kappa shape index (κ3) is 3.58. The smallest absolute Gasteiger partial charge is 0.270 e. The minimum Gasteiger partial charge on any atom is -0.396 e. The van der Waals surface area contributed by atoms with E-state index in [2.05, 4.69) is 0 Å². The van der Waals surface area contributed by atoms with Crippen LogP contribution in [0.25, 0.3) is 0 Å². The summed E-state index contributed by atoms with van der Waals surface area (Å²) in [5, 5.41) is 19.7. The van der Waals surface area contributed by atoms with Crippen molar-refractivity contribution in [2.24, 2.45) is 5.92 Å². The van der Waals surface area contributed by atoms with E-state index in [1.807, 2.05) is 0 Å². The minimum atomic E-state index is -3.72. The molecule has 0 radical (unpaired) electrons. The molecule has 116 valence electrons. The van der Waals surface area contributed by atoms with Crippen molar-refractivity contribution in [2.75, 3.05) is 19.7 Å². The number of aliphatic hydroxyl groups is 1. The molecule has 1 aromatic carbocycles. The average molecular weight is 314 g/mol. The zero-order chi connectivity index (χ0) is 15.5. The number of piperidine rings is 1. The van der Waals surface area contributed by atoms with Gasteiger partial charge in [0, 0.05) is 31.8 Å². The molecule has 0 aliphatic carbocycles. The van der Waals surface area contributed by atoms with Crippen LogP contribution in [0.15, 0.2) is 29.2 Å². The molecule has 0 amide bonds. The zero-order valence-corrected chi connectivity index (χ0v) is 12.3. The first-order valence-electron chi connectivity index (χ1n) is 6.80. The lowest BCUT2D eigenvalue weighted by atomic mass is 9.97. The standard InChI is InChI=1S/C13H18N2O5S/c16-8-6-11-3-2-7-14(10-11)21(19,20)13-5-1-4-12(9-13)15(17)18/h1,4-5,9,11,16H,2-3,6-8,10H2. The van der Waals surface area contributed by atoms with Crippen molar-refractivity contribution in [3.63, 3.8) is 0 Å². The molecular weight excluding hydrogens is 296 g/mol. The first kappa shape index (κ1) is 15.9. The molecule has 1 aromatic rings. The summed E-state index contributed by atoms with van der Waals surface area (Å²) >= 11 is 0. The van der Waals surface area contributed by atoms with Crippen LogP contribution in [-0.2, 0) is 10.0 Å². The van der Waals surface area contributed by atoms with E-state index in [0.29, 0.717) is 19.5 Å². The van der Waals surface area contributed by atoms with Crippen molar-refractivity contribution < 1.29 is 18.4 Å². The maximum absolute atomic E-state index is 12.6. The Kier molecular flexibility index (Phi) is 4.92. The van der Waals surface area contributed by atoms with Crippen LogP contribution >= 0.6 is 0 Å². The minimum absolute atomic E-state index is 0.0371. The molecule has 1 saturated heterocycles. The van der Waals surface area contributed by atoms with E-state index in [-0.39, 0.29) is 23.1 Å². The fraction of sp³-hybridized carbons (Fsp3) is 0.538. The van der Waals surface area contributed by atoms with Crippen molar-refractivity contribution >= 4 is 15.7 Å². The number of sulfonamides is 1. The summed E-state index contributed by atoms with van der Waals surface area (Å²) in [6.45, 7) is 0.800. The number of nitro benzene ring substituents is 1. The van der Waals surface area contributed by atoms with E-state index >= 15 is 0 Å². The molecule has 1 unspecified atom stereocenters. The first-order chi connectivity index (χ1) is 9.95. The van der Waals surface area contributed by atoms with Crippen molar-refractivity contribution in [1.82, 2.24) is 4.31 Å².